The van der Waals surface area contributed by atoms with Crippen LogP contribution in [0.4, 0.5) is 0 Å². The van der Waals surface area contributed by atoms with Gasteiger partial charge < -0.3 is 9.47 Å². The van der Waals surface area contributed by atoms with Gasteiger partial charge in [0.15, 0.2) is 5.82 Å². The molecule has 0 atom stereocenters. The second kappa shape index (κ2) is 7.36. The van der Waals surface area contributed by atoms with Crippen LogP contribution in [0.3, 0.4) is 0 Å². The minimum Gasteiger partial charge on any atom is -0.465 e. The highest BCUT2D eigenvalue weighted by Crippen LogP contribution is 2.25. The molecule has 3 rings (SSSR count). The third kappa shape index (κ3) is 3.75. The standard InChI is InChI=1S/C17H16N4O3/c1-2-23-16(22)12-21-17(18-19-20-21)13-7-6-10-15(11-13)24-14-8-4-3-5-9-14/h3-11H,2,12H2,1H3. The van der Waals surface area contributed by atoms with Crippen molar-refractivity contribution >= 4 is 5.97 Å². The smallest absolute Gasteiger partial charge is 0.327 e. The van der Waals surface area contributed by atoms with Crippen molar-refractivity contribution in [2.24, 2.45) is 0 Å². The van der Waals surface area contributed by atoms with Gasteiger partial charge in [0.05, 0.1) is 6.61 Å². The molecule has 1 heterocycles. The van der Waals surface area contributed by atoms with Crippen LogP contribution in [0.15, 0.2) is 54.6 Å². The number of aromatic nitrogens is 4. The number of rotatable bonds is 6. The highest BCUT2D eigenvalue weighted by molar-refractivity contribution is 5.70. The minimum atomic E-state index is -0.386. The van der Waals surface area contributed by atoms with E-state index >= 15 is 0 Å². The summed E-state index contributed by atoms with van der Waals surface area (Å²) in [4.78, 5) is 11.6. The lowest BCUT2D eigenvalue weighted by Crippen LogP contribution is -2.15. The summed E-state index contributed by atoms with van der Waals surface area (Å²) in [5.41, 5.74) is 0.748. The zero-order valence-electron chi connectivity index (χ0n) is 13.1. The predicted molar refractivity (Wildman–Crippen MR) is 86.4 cm³/mol. The fraction of sp³-hybridized carbons (Fsp3) is 0.176. The van der Waals surface area contributed by atoms with Crippen LogP contribution in [0.5, 0.6) is 11.5 Å². The number of ether oxygens (including phenoxy) is 2. The van der Waals surface area contributed by atoms with Gasteiger partial charge in [-0.1, -0.05) is 30.3 Å². The molecule has 0 N–H and O–H groups in total. The van der Waals surface area contributed by atoms with Crippen LogP contribution in [-0.4, -0.2) is 32.8 Å². The number of carbonyl (C=O) groups is 1. The van der Waals surface area contributed by atoms with E-state index in [1.807, 2.05) is 54.6 Å². The summed E-state index contributed by atoms with van der Waals surface area (Å²) in [6.07, 6.45) is 0. The molecule has 0 fully saturated rings. The molecular weight excluding hydrogens is 308 g/mol. The van der Waals surface area contributed by atoms with Crippen LogP contribution in [0, 0.1) is 0 Å². The van der Waals surface area contributed by atoms with E-state index in [4.69, 9.17) is 9.47 Å². The Bertz CT molecular complexity index is 817. The fourth-order valence-electron chi connectivity index (χ4n) is 2.17. The van der Waals surface area contributed by atoms with Crippen LogP contribution in [0.1, 0.15) is 6.92 Å². The van der Waals surface area contributed by atoms with Crippen LogP contribution in [0.25, 0.3) is 11.4 Å². The van der Waals surface area contributed by atoms with E-state index in [-0.39, 0.29) is 12.5 Å². The monoisotopic (exact) mass is 324 g/mol. The first-order valence-electron chi connectivity index (χ1n) is 7.51. The molecule has 0 aliphatic heterocycles. The Hall–Kier alpha value is -3.22. The Morgan fingerprint density at radius 1 is 1.08 bits per heavy atom. The number of benzene rings is 2. The number of tetrazole rings is 1. The largest absolute Gasteiger partial charge is 0.465 e. The molecule has 0 saturated heterocycles. The summed E-state index contributed by atoms with van der Waals surface area (Å²) in [5.74, 6) is 1.48. The maximum absolute atomic E-state index is 11.6. The molecule has 0 radical (unpaired) electrons. The number of para-hydroxylation sites is 1. The van der Waals surface area contributed by atoms with E-state index in [1.54, 1.807) is 6.92 Å². The Kier molecular flexibility index (Phi) is 4.81. The van der Waals surface area contributed by atoms with Crippen molar-refractivity contribution in [3.8, 4) is 22.9 Å². The fourth-order valence-corrected chi connectivity index (χ4v) is 2.17. The molecule has 122 valence electrons. The first-order chi connectivity index (χ1) is 11.8. The third-order valence-corrected chi connectivity index (χ3v) is 3.19. The highest BCUT2D eigenvalue weighted by atomic mass is 16.5. The molecule has 3 aromatic rings. The normalized spacial score (nSPS) is 10.4. The zero-order chi connectivity index (χ0) is 16.8. The molecule has 0 aliphatic rings. The molecule has 7 heteroatoms. The lowest BCUT2D eigenvalue weighted by atomic mass is 10.2. The summed E-state index contributed by atoms with van der Waals surface area (Å²) in [6, 6.07) is 16.8. The molecule has 0 spiro atoms. The van der Waals surface area contributed by atoms with E-state index in [0.717, 1.165) is 11.3 Å². The molecule has 0 unspecified atom stereocenters. The number of hydrogen-bond donors (Lipinski definition) is 0. The molecular formula is C17H16N4O3. The van der Waals surface area contributed by atoms with Crippen LogP contribution >= 0.6 is 0 Å². The van der Waals surface area contributed by atoms with E-state index in [9.17, 15) is 4.79 Å². The van der Waals surface area contributed by atoms with E-state index in [0.29, 0.717) is 18.2 Å². The van der Waals surface area contributed by atoms with E-state index in [1.165, 1.54) is 4.68 Å². The zero-order valence-corrected chi connectivity index (χ0v) is 13.1. The molecule has 24 heavy (non-hydrogen) atoms. The average molecular weight is 324 g/mol. The minimum absolute atomic E-state index is 0.0417. The van der Waals surface area contributed by atoms with Crippen molar-refractivity contribution in [3.63, 3.8) is 0 Å². The number of hydrogen-bond acceptors (Lipinski definition) is 6. The first-order valence-corrected chi connectivity index (χ1v) is 7.51. The Morgan fingerprint density at radius 2 is 1.88 bits per heavy atom. The maximum atomic E-state index is 11.6. The van der Waals surface area contributed by atoms with Crippen LogP contribution in [0.2, 0.25) is 0 Å². The van der Waals surface area contributed by atoms with Gasteiger partial charge in [0.25, 0.3) is 0 Å². The molecule has 2 aromatic carbocycles. The summed E-state index contributed by atoms with van der Waals surface area (Å²) in [7, 11) is 0. The molecule has 7 nitrogen and oxygen atoms in total. The van der Waals surface area contributed by atoms with Gasteiger partial charge in [-0.2, -0.15) is 0 Å². The second-order valence-electron chi connectivity index (χ2n) is 4.91. The molecule has 0 aliphatic carbocycles. The van der Waals surface area contributed by atoms with Gasteiger partial charge in [0.1, 0.15) is 18.0 Å². The van der Waals surface area contributed by atoms with Gasteiger partial charge in [-0.3, -0.25) is 4.79 Å². The van der Waals surface area contributed by atoms with Crippen LogP contribution in [-0.2, 0) is 16.1 Å². The van der Waals surface area contributed by atoms with Crippen molar-refractivity contribution in [3.05, 3.63) is 54.6 Å². The summed E-state index contributed by atoms with van der Waals surface area (Å²) >= 11 is 0. The molecule has 0 saturated carbocycles. The van der Waals surface area contributed by atoms with Crippen molar-refractivity contribution in [2.75, 3.05) is 6.61 Å². The number of nitrogens with zero attached hydrogens (tertiary/aromatic N) is 4. The van der Waals surface area contributed by atoms with Gasteiger partial charge in [-0.05, 0) is 41.6 Å². The molecule has 0 amide bonds. The average Bonchev–Trinajstić information content (AvgIpc) is 3.04. The van der Waals surface area contributed by atoms with Gasteiger partial charge in [0, 0.05) is 5.56 Å². The lowest BCUT2D eigenvalue weighted by molar-refractivity contribution is -0.144. The van der Waals surface area contributed by atoms with Gasteiger partial charge in [0.2, 0.25) is 0 Å². The molecule has 1 aromatic heterocycles. The van der Waals surface area contributed by atoms with Crippen molar-refractivity contribution in [1.82, 2.24) is 20.2 Å². The number of esters is 1. The molecule has 0 bridgehead atoms. The van der Waals surface area contributed by atoms with Crippen molar-refractivity contribution < 1.29 is 14.3 Å². The van der Waals surface area contributed by atoms with Gasteiger partial charge in [-0.25, -0.2) is 4.68 Å². The first kappa shape index (κ1) is 15.7. The number of carbonyl (C=O) groups excluding carboxylic acids is 1. The summed E-state index contributed by atoms with van der Waals surface area (Å²) in [6.45, 7) is 2.03. The van der Waals surface area contributed by atoms with Crippen molar-refractivity contribution in [2.45, 2.75) is 13.5 Å². The van der Waals surface area contributed by atoms with Crippen molar-refractivity contribution in [1.29, 1.82) is 0 Å². The van der Waals surface area contributed by atoms with Crippen LogP contribution < -0.4 is 4.74 Å². The second-order valence-corrected chi connectivity index (χ2v) is 4.91. The van der Waals surface area contributed by atoms with E-state index < -0.39 is 0 Å². The Morgan fingerprint density at radius 3 is 2.67 bits per heavy atom. The van der Waals surface area contributed by atoms with Gasteiger partial charge in [-0.15, -0.1) is 5.10 Å². The topological polar surface area (TPSA) is 79.1 Å². The predicted octanol–water partition coefficient (Wildman–Crippen LogP) is 2.70. The van der Waals surface area contributed by atoms with E-state index in [2.05, 4.69) is 15.5 Å². The highest BCUT2D eigenvalue weighted by Gasteiger charge is 2.13. The third-order valence-electron chi connectivity index (χ3n) is 3.19. The summed E-state index contributed by atoms with van der Waals surface area (Å²) < 4.78 is 12.1. The Balaban J connectivity index is 1.82. The van der Waals surface area contributed by atoms with Gasteiger partial charge >= 0.3 is 5.97 Å². The lowest BCUT2D eigenvalue weighted by Gasteiger charge is -2.08. The quantitative estimate of drug-likeness (QED) is 0.649. The SMILES string of the molecule is CCOC(=O)Cn1nnnc1-c1cccc(Oc2ccccc2)c1. The maximum Gasteiger partial charge on any atom is 0.327 e. The Labute approximate surface area is 138 Å². The summed E-state index contributed by atoms with van der Waals surface area (Å²) in [5, 5.41) is 11.5.